The summed E-state index contributed by atoms with van der Waals surface area (Å²) in [7, 11) is 4.04. The number of hydrogen-bond acceptors (Lipinski definition) is 1. The predicted molar refractivity (Wildman–Crippen MR) is 56.8 cm³/mol. The van der Waals surface area contributed by atoms with Gasteiger partial charge in [0.05, 0.1) is 4.95 Å². The van der Waals surface area contributed by atoms with Crippen LogP contribution in [0.1, 0.15) is 10.5 Å². The Bertz CT molecular complexity index is 245. The monoisotopic (exact) mass is 247 g/mol. The van der Waals surface area contributed by atoms with Crippen molar-refractivity contribution in [1.29, 1.82) is 0 Å². The first-order valence-corrected chi connectivity index (χ1v) is 4.96. The summed E-state index contributed by atoms with van der Waals surface area (Å²) in [4.78, 5) is 2.35. The maximum Gasteiger partial charge on any atom is 0.0906 e. The Morgan fingerprint density at radius 2 is 1.75 bits per heavy atom. The molecule has 3 heteroatoms. The summed E-state index contributed by atoms with van der Waals surface area (Å²) in [5.41, 5.74) is 1.21. The topological polar surface area (TPSA) is 3.24 Å². The van der Waals surface area contributed by atoms with Crippen LogP contribution in [0.15, 0.2) is 24.3 Å². The highest BCUT2D eigenvalue weighted by Crippen LogP contribution is 2.25. The smallest absolute Gasteiger partial charge is 0.0906 e. The lowest BCUT2D eigenvalue weighted by molar-refractivity contribution is 0.398. The van der Waals surface area contributed by atoms with Crippen molar-refractivity contribution in [1.82, 2.24) is 4.90 Å². The van der Waals surface area contributed by atoms with Gasteiger partial charge in [-0.1, -0.05) is 39.7 Å². The molecule has 0 amide bonds. The first kappa shape index (κ1) is 10.0. The maximum absolute atomic E-state index is 5.77. The number of nitrogens with zero attached hydrogens (tertiary/aromatic N) is 1. The number of benzene rings is 1. The number of hydrogen-bond donors (Lipinski definition) is 0. The van der Waals surface area contributed by atoms with Gasteiger partial charge in [-0.2, -0.15) is 0 Å². The zero-order valence-corrected chi connectivity index (χ0v) is 9.43. The normalized spacial score (nSPS) is 13.4. The molecule has 66 valence electrons. The molecule has 0 aromatic heterocycles. The van der Waals surface area contributed by atoms with Gasteiger partial charge in [-0.25, -0.2) is 0 Å². The van der Waals surface area contributed by atoms with Gasteiger partial charge in [0.2, 0.25) is 0 Å². The lowest BCUT2D eigenvalue weighted by atomic mass is 10.2. The fourth-order valence-corrected chi connectivity index (χ4v) is 1.35. The van der Waals surface area contributed by atoms with Crippen molar-refractivity contribution in [3.05, 3.63) is 34.9 Å². The Balaban J connectivity index is 2.82. The van der Waals surface area contributed by atoms with Crippen LogP contribution in [0.25, 0.3) is 0 Å². The molecular formula is C9H11BrClN. The Kier molecular flexibility index (Phi) is 3.56. The van der Waals surface area contributed by atoms with Crippen LogP contribution in [0.2, 0.25) is 5.02 Å². The molecule has 0 heterocycles. The first-order valence-electron chi connectivity index (χ1n) is 3.67. The Hall–Kier alpha value is -0.0500. The molecule has 1 atom stereocenters. The van der Waals surface area contributed by atoms with Gasteiger partial charge < -0.3 is 0 Å². The minimum atomic E-state index is 0.259. The van der Waals surface area contributed by atoms with Crippen molar-refractivity contribution in [3.63, 3.8) is 0 Å². The third kappa shape index (κ3) is 2.47. The third-order valence-corrected chi connectivity index (χ3v) is 3.20. The van der Waals surface area contributed by atoms with Crippen molar-refractivity contribution in [2.24, 2.45) is 0 Å². The second-order valence-corrected chi connectivity index (χ2v) is 4.15. The summed E-state index contributed by atoms with van der Waals surface area (Å²) in [5.74, 6) is 0. The van der Waals surface area contributed by atoms with E-state index in [2.05, 4.69) is 20.8 Å². The Morgan fingerprint density at radius 1 is 1.25 bits per heavy atom. The van der Waals surface area contributed by atoms with E-state index in [0.717, 1.165) is 5.02 Å². The second kappa shape index (κ2) is 4.26. The van der Waals surface area contributed by atoms with Crippen LogP contribution in [0, 0.1) is 0 Å². The van der Waals surface area contributed by atoms with Crippen molar-refractivity contribution in [2.45, 2.75) is 4.95 Å². The SMILES string of the molecule is CN(C)C(Br)c1ccc(Cl)cc1. The van der Waals surface area contributed by atoms with E-state index in [4.69, 9.17) is 11.6 Å². The van der Waals surface area contributed by atoms with E-state index in [-0.39, 0.29) is 4.95 Å². The molecule has 0 aliphatic rings. The molecule has 1 unspecified atom stereocenters. The first-order chi connectivity index (χ1) is 5.61. The van der Waals surface area contributed by atoms with Gasteiger partial charge >= 0.3 is 0 Å². The van der Waals surface area contributed by atoms with E-state index in [1.54, 1.807) is 0 Å². The van der Waals surface area contributed by atoms with E-state index in [1.807, 2.05) is 38.4 Å². The van der Waals surface area contributed by atoms with Crippen molar-refractivity contribution in [3.8, 4) is 0 Å². The standard InChI is InChI=1S/C9H11BrClN/c1-12(2)9(10)7-3-5-8(11)6-4-7/h3-6,9H,1-2H3. The average molecular weight is 249 g/mol. The summed E-state index contributed by atoms with van der Waals surface area (Å²) in [6, 6.07) is 7.83. The quantitative estimate of drug-likeness (QED) is 0.573. The Labute approximate surface area is 86.5 Å². The summed E-state index contributed by atoms with van der Waals surface area (Å²) in [6.45, 7) is 0. The van der Waals surface area contributed by atoms with Gasteiger partial charge in [-0.15, -0.1) is 0 Å². The highest BCUT2D eigenvalue weighted by molar-refractivity contribution is 9.09. The fourth-order valence-electron chi connectivity index (χ4n) is 0.920. The van der Waals surface area contributed by atoms with Gasteiger partial charge in [0.15, 0.2) is 0 Å². The van der Waals surface area contributed by atoms with Gasteiger partial charge in [-0.05, 0) is 31.8 Å². The molecule has 1 aromatic rings. The maximum atomic E-state index is 5.77. The number of halogens is 2. The zero-order valence-electron chi connectivity index (χ0n) is 7.09. The van der Waals surface area contributed by atoms with Crippen molar-refractivity contribution >= 4 is 27.5 Å². The molecule has 1 rings (SSSR count). The van der Waals surface area contributed by atoms with Crippen molar-refractivity contribution < 1.29 is 0 Å². The average Bonchev–Trinajstić information content (AvgIpc) is 2.04. The Morgan fingerprint density at radius 3 is 2.17 bits per heavy atom. The van der Waals surface area contributed by atoms with Crippen LogP contribution < -0.4 is 0 Å². The third-order valence-electron chi connectivity index (χ3n) is 1.60. The van der Waals surface area contributed by atoms with Crippen LogP contribution in [0.5, 0.6) is 0 Å². The largest absolute Gasteiger partial charge is 0.293 e. The molecule has 1 aromatic carbocycles. The number of rotatable bonds is 2. The minimum absolute atomic E-state index is 0.259. The lowest BCUT2D eigenvalue weighted by Crippen LogP contribution is -2.13. The van der Waals surface area contributed by atoms with E-state index in [0.29, 0.717) is 0 Å². The van der Waals surface area contributed by atoms with Crippen LogP contribution in [-0.4, -0.2) is 19.0 Å². The molecule has 1 nitrogen and oxygen atoms in total. The summed E-state index contributed by atoms with van der Waals surface area (Å²) >= 11 is 9.32. The van der Waals surface area contributed by atoms with Crippen LogP contribution >= 0.6 is 27.5 Å². The molecule has 0 fully saturated rings. The summed E-state index contributed by atoms with van der Waals surface area (Å²) < 4.78 is 0. The van der Waals surface area contributed by atoms with Gasteiger partial charge in [0, 0.05) is 5.02 Å². The summed E-state index contributed by atoms with van der Waals surface area (Å²) in [6.07, 6.45) is 0. The van der Waals surface area contributed by atoms with Gasteiger partial charge in [0.25, 0.3) is 0 Å². The van der Waals surface area contributed by atoms with Crippen LogP contribution in [-0.2, 0) is 0 Å². The summed E-state index contributed by atoms with van der Waals surface area (Å²) in [5, 5.41) is 0.775. The molecule has 0 spiro atoms. The molecule has 0 radical (unpaired) electrons. The zero-order chi connectivity index (χ0) is 9.14. The van der Waals surface area contributed by atoms with E-state index in [9.17, 15) is 0 Å². The van der Waals surface area contributed by atoms with E-state index in [1.165, 1.54) is 5.56 Å². The molecule has 0 saturated carbocycles. The lowest BCUT2D eigenvalue weighted by Gasteiger charge is -2.17. The van der Waals surface area contributed by atoms with E-state index >= 15 is 0 Å². The van der Waals surface area contributed by atoms with Crippen molar-refractivity contribution in [2.75, 3.05) is 14.1 Å². The van der Waals surface area contributed by atoms with E-state index < -0.39 is 0 Å². The molecule has 0 N–H and O–H groups in total. The highest BCUT2D eigenvalue weighted by atomic mass is 79.9. The molecule has 0 aliphatic carbocycles. The predicted octanol–water partition coefficient (Wildman–Crippen LogP) is 3.30. The minimum Gasteiger partial charge on any atom is -0.293 e. The fraction of sp³-hybridized carbons (Fsp3) is 0.333. The molecular weight excluding hydrogens is 237 g/mol. The molecule has 0 aliphatic heterocycles. The highest BCUT2D eigenvalue weighted by Gasteiger charge is 2.08. The van der Waals surface area contributed by atoms with Crippen LogP contribution in [0.3, 0.4) is 0 Å². The molecule has 0 bridgehead atoms. The molecule has 0 saturated heterocycles. The van der Waals surface area contributed by atoms with Gasteiger partial charge in [0.1, 0.15) is 0 Å². The van der Waals surface area contributed by atoms with Gasteiger partial charge in [-0.3, -0.25) is 4.90 Å². The second-order valence-electron chi connectivity index (χ2n) is 2.85. The number of alkyl halides is 1. The van der Waals surface area contributed by atoms with Crippen LogP contribution in [0.4, 0.5) is 0 Å². The molecule has 12 heavy (non-hydrogen) atoms.